The Morgan fingerprint density at radius 3 is 2.82 bits per heavy atom. The van der Waals surface area contributed by atoms with Crippen LogP contribution in [0.5, 0.6) is 0 Å². The molecule has 2 N–H and O–H groups in total. The molecule has 8 heteroatoms. The number of thiazole rings is 1. The van der Waals surface area contributed by atoms with Crippen molar-refractivity contribution >= 4 is 41.3 Å². The fraction of sp³-hybridized carbons (Fsp3) is 0.500. The number of nitrogens with zero attached hydrogens (tertiary/aromatic N) is 4. The minimum Gasteiger partial charge on any atom is -0.357 e. The summed E-state index contributed by atoms with van der Waals surface area (Å²) < 4.78 is 1.84. The second-order valence-corrected chi connectivity index (χ2v) is 5.74. The lowest BCUT2D eigenvalue weighted by Gasteiger charge is -2.10. The number of halogens is 1. The molecule has 0 atom stereocenters. The number of nitrogens with one attached hydrogen (secondary N) is 2. The maximum atomic E-state index is 4.57. The zero-order valence-corrected chi connectivity index (χ0v) is 16.3. The topological polar surface area (TPSA) is 67.1 Å². The molecular weight excluding hydrogens is 411 g/mol. The van der Waals surface area contributed by atoms with E-state index in [2.05, 4.69) is 38.0 Å². The largest absolute Gasteiger partial charge is 0.357 e. The van der Waals surface area contributed by atoms with Crippen LogP contribution in [0.15, 0.2) is 22.6 Å². The van der Waals surface area contributed by atoms with E-state index >= 15 is 0 Å². The van der Waals surface area contributed by atoms with Crippen molar-refractivity contribution in [1.29, 1.82) is 0 Å². The molecule has 0 saturated carbocycles. The normalized spacial score (nSPS) is 11.1. The summed E-state index contributed by atoms with van der Waals surface area (Å²) in [6.45, 7) is 6.36. The number of rotatable bonds is 6. The summed E-state index contributed by atoms with van der Waals surface area (Å²) in [7, 11) is 1.93. The van der Waals surface area contributed by atoms with Gasteiger partial charge in [-0.25, -0.2) is 9.98 Å². The van der Waals surface area contributed by atoms with E-state index in [9.17, 15) is 0 Å². The van der Waals surface area contributed by atoms with Crippen molar-refractivity contribution < 1.29 is 0 Å². The molecule has 0 spiro atoms. The highest BCUT2D eigenvalue weighted by atomic mass is 127. The third-order valence-electron chi connectivity index (χ3n) is 3.01. The number of aryl methyl sites for hydroxylation is 2. The molecule has 122 valence electrons. The molecule has 2 aromatic heterocycles. The third-order valence-corrected chi connectivity index (χ3v) is 3.83. The smallest absolute Gasteiger partial charge is 0.191 e. The lowest BCUT2D eigenvalue weighted by molar-refractivity contribution is 0.706. The first-order chi connectivity index (χ1) is 10.2. The van der Waals surface area contributed by atoms with Gasteiger partial charge >= 0.3 is 0 Å². The molecule has 0 unspecified atom stereocenters. The van der Waals surface area contributed by atoms with Crippen LogP contribution in [0, 0.1) is 6.92 Å². The SMILES string of the molecule is CCNC(=NCc1ccnn1C)NCCc1csc(C)n1.I. The third kappa shape index (κ3) is 5.91. The lowest BCUT2D eigenvalue weighted by atomic mass is 10.3. The van der Waals surface area contributed by atoms with Crippen molar-refractivity contribution in [2.75, 3.05) is 13.1 Å². The fourth-order valence-corrected chi connectivity index (χ4v) is 2.54. The van der Waals surface area contributed by atoms with E-state index in [1.165, 1.54) is 0 Å². The summed E-state index contributed by atoms with van der Waals surface area (Å²) in [4.78, 5) is 9.03. The van der Waals surface area contributed by atoms with E-state index in [0.29, 0.717) is 6.54 Å². The Bertz CT molecular complexity index is 592. The van der Waals surface area contributed by atoms with Gasteiger partial charge in [0.05, 0.1) is 22.9 Å². The Labute approximate surface area is 152 Å². The summed E-state index contributed by atoms with van der Waals surface area (Å²) in [5, 5.41) is 13.9. The van der Waals surface area contributed by atoms with Crippen molar-refractivity contribution in [3.05, 3.63) is 34.0 Å². The van der Waals surface area contributed by atoms with Crippen LogP contribution in [0.25, 0.3) is 0 Å². The second kappa shape index (κ2) is 9.78. The molecule has 0 bridgehead atoms. The predicted molar refractivity (Wildman–Crippen MR) is 102 cm³/mol. The van der Waals surface area contributed by atoms with Gasteiger partial charge in [0.25, 0.3) is 0 Å². The van der Waals surface area contributed by atoms with Gasteiger partial charge in [0.2, 0.25) is 0 Å². The van der Waals surface area contributed by atoms with E-state index in [1.807, 2.05) is 24.7 Å². The van der Waals surface area contributed by atoms with E-state index < -0.39 is 0 Å². The fourth-order valence-electron chi connectivity index (χ4n) is 1.89. The molecule has 0 amide bonds. The molecule has 22 heavy (non-hydrogen) atoms. The Kier molecular flexibility index (Phi) is 8.39. The molecule has 2 heterocycles. The molecule has 2 rings (SSSR count). The number of hydrogen-bond donors (Lipinski definition) is 2. The van der Waals surface area contributed by atoms with Gasteiger partial charge in [0, 0.05) is 38.1 Å². The molecule has 0 saturated heterocycles. The number of guanidine groups is 1. The monoisotopic (exact) mass is 434 g/mol. The maximum Gasteiger partial charge on any atom is 0.191 e. The van der Waals surface area contributed by atoms with Crippen LogP contribution >= 0.6 is 35.3 Å². The molecule has 0 radical (unpaired) electrons. The summed E-state index contributed by atoms with van der Waals surface area (Å²) in [5.74, 6) is 0.825. The van der Waals surface area contributed by atoms with Crippen molar-refractivity contribution in [1.82, 2.24) is 25.4 Å². The number of aliphatic imine (C=N–C) groups is 1. The molecule has 0 aliphatic heterocycles. The highest BCUT2D eigenvalue weighted by Crippen LogP contribution is 2.07. The van der Waals surface area contributed by atoms with Crippen LogP contribution < -0.4 is 10.6 Å². The van der Waals surface area contributed by atoms with Gasteiger partial charge in [-0.1, -0.05) is 0 Å². The van der Waals surface area contributed by atoms with Gasteiger partial charge in [0.15, 0.2) is 5.96 Å². The summed E-state index contributed by atoms with van der Waals surface area (Å²) in [6.07, 6.45) is 2.69. The van der Waals surface area contributed by atoms with Crippen molar-refractivity contribution in [3.63, 3.8) is 0 Å². The Morgan fingerprint density at radius 1 is 1.41 bits per heavy atom. The summed E-state index contributed by atoms with van der Waals surface area (Å²) in [6, 6.07) is 1.98. The van der Waals surface area contributed by atoms with Gasteiger partial charge in [-0.3, -0.25) is 4.68 Å². The van der Waals surface area contributed by atoms with E-state index in [1.54, 1.807) is 17.5 Å². The van der Waals surface area contributed by atoms with Gasteiger partial charge in [0.1, 0.15) is 0 Å². The molecule has 0 fully saturated rings. The molecule has 0 aromatic carbocycles. The van der Waals surface area contributed by atoms with Crippen LogP contribution in [-0.2, 0) is 20.0 Å². The van der Waals surface area contributed by atoms with Crippen LogP contribution in [0.1, 0.15) is 23.3 Å². The lowest BCUT2D eigenvalue weighted by Crippen LogP contribution is -2.38. The van der Waals surface area contributed by atoms with Gasteiger partial charge in [-0.15, -0.1) is 35.3 Å². The van der Waals surface area contributed by atoms with Crippen LogP contribution in [0.4, 0.5) is 0 Å². The second-order valence-electron chi connectivity index (χ2n) is 4.68. The average Bonchev–Trinajstić information content (AvgIpc) is 3.05. The molecule has 0 aliphatic rings. The highest BCUT2D eigenvalue weighted by Gasteiger charge is 2.02. The van der Waals surface area contributed by atoms with E-state index in [4.69, 9.17) is 0 Å². The molecular formula is C14H23IN6S. The predicted octanol–water partition coefficient (Wildman–Crippen LogP) is 2.10. The van der Waals surface area contributed by atoms with Crippen molar-refractivity contribution in [2.24, 2.45) is 12.0 Å². The maximum absolute atomic E-state index is 4.57. The first-order valence-electron chi connectivity index (χ1n) is 7.09. The van der Waals surface area contributed by atoms with Gasteiger partial charge < -0.3 is 10.6 Å². The van der Waals surface area contributed by atoms with Crippen LogP contribution in [-0.4, -0.2) is 33.8 Å². The van der Waals surface area contributed by atoms with E-state index in [-0.39, 0.29) is 24.0 Å². The first kappa shape index (κ1) is 18.9. The molecule has 6 nitrogen and oxygen atoms in total. The Morgan fingerprint density at radius 2 is 2.23 bits per heavy atom. The molecule has 0 aliphatic carbocycles. The van der Waals surface area contributed by atoms with Gasteiger partial charge in [-0.2, -0.15) is 5.10 Å². The Hall–Kier alpha value is -1.16. The minimum absolute atomic E-state index is 0. The van der Waals surface area contributed by atoms with Crippen molar-refractivity contribution in [3.8, 4) is 0 Å². The minimum atomic E-state index is 0. The zero-order chi connectivity index (χ0) is 15.1. The van der Waals surface area contributed by atoms with Crippen LogP contribution in [0.3, 0.4) is 0 Å². The summed E-state index contributed by atoms with van der Waals surface area (Å²) in [5.41, 5.74) is 2.22. The van der Waals surface area contributed by atoms with E-state index in [0.717, 1.165) is 41.9 Å². The van der Waals surface area contributed by atoms with Gasteiger partial charge in [-0.05, 0) is 19.9 Å². The first-order valence-corrected chi connectivity index (χ1v) is 7.97. The zero-order valence-electron chi connectivity index (χ0n) is 13.2. The van der Waals surface area contributed by atoms with Crippen LogP contribution in [0.2, 0.25) is 0 Å². The average molecular weight is 434 g/mol. The number of aromatic nitrogens is 3. The standard InChI is InChI=1S/C14H22N6S.HI/c1-4-15-14(17-9-13-6-8-18-20(13)3)16-7-5-12-10-21-11(2)19-12;/h6,8,10H,4-5,7,9H2,1-3H3,(H2,15,16,17);1H. The molecule has 2 aromatic rings. The summed E-state index contributed by atoms with van der Waals surface area (Å²) >= 11 is 1.69. The van der Waals surface area contributed by atoms with Crippen molar-refractivity contribution in [2.45, 2.75) is 26.8 Å². The highest BCUT2D eigenvalue weighted by molar-refractivity contribution is 14.0. The number of hydrogen-bond acceptors (Lipinski definition) is 4. The Balaban J connectivity index is 0.00000242. The quantitative estimate of drug-likeness (QED) is 0.415.